The third kappa shape index (κ3) is 3.40. The highest BCUT2D eigenvalue weighted by atomic mass is 32.1. The minimum absolute atomic E-state index is 0.0415. The minimum Gasteiger partial charge on any atom is -0.338 e. The number of hydrogen-bond acceptors (Lipinski definition) is 4. The number of carbonyl (C=O) groups is 1. The van der Waals surface area contributed by atoms with Gasteiger partial charge in [-0.1, -0.05) is 0 Å². The van der Waals surface area contributed by atoms with Gasteiger partial charge in [0.1, 0.15) is 0 Å². The van der Waals surface area contributed by atoms with Crippen LogP contribution in [-0.2, 0) is 12.8 Å². The lowest BCUT2D eigenvalue weighted by atomic mass is 9.97. The number of nitrogens with zero attached hydrogens (tertiary/aromatic N) is 2. The Balaban J connectivity index is 1.53. The molecular weight excluding hydrogens is 334 g/mol. The molecule has 0 bridgehead atoms. The maximum Gasteiger partial charge on any atom is 0.254 e. The number of pyridine rings is 1. The van der Waals surface area contributed by atoms with Crippen LogP contribution in [0.3, 0.4) is 0 Å². The van der Waals surface area contributed by atoms with Crippen LogP contribution in [0.2, 0.25) is 0 Å². The zero-order chi connectivity index (χ0) is 17.4. The van der Waals surface area contributed by atoms with E-state index in [1.807, 2.05) is 16.2 Å². The molecule has 5 nitrogen and oxygen atoms in total. The van der Waals surface area contributed by atoms with Gasteiger partial charge in [0, 0.05) is 41.2 Å². The van der Waals surface area contributed by atoms with Crippen LogP contribution in [0.15, 0.2) is 16.9 Å². The number of likely N-dealkylation sites (tertiary alicyclic amines) is 1. The molecule has 6 heteroatoms. The largest absolute Gasteiger partial charge is 0.338 e. The van der Waals surface area contributed by atoms with E-state index in [9.17, 15) is 9.59 Å². The summed E-state index contributed by atoms with van der Waals surface area (Å²) in [6, 6.07) is 3.16. The summed E-state index contributed by atoms with van der Waals surface area (Å²) >= 11 is 1.85. The van der Waals surface area contributed by atoms with E-state index in [1.54, 1.807) is 13.0 Å². The molecule has 0 saturated carbocycles. The number of carbonyl (C=O) groups excluding carboxylic acids is 1. The van der Waals surface area contributed by atoms with Crippen LogP contribution in [-0.4, -0.2) is 33.9 Å². The maximum atomic E-state index is 12.8. The monoisotopic (exact) mass is 357 g/mol. The van der Waals surface area contributed by atoms with Gasteiger partial charge in [0.2, 0.25) is 5.56 Å². The Morgan fingerprint density at radius 3 is 2.92 bits per heavy atom. The number of nitrogens with one attached hydrogen (secondary N) is 1. The molecule has 1 saturated heterocycles. The molecule has 1 atom stereocenters. The summed E-state index contributed by atoms with van der Waals surface area (Å²) in [7, 11) is 0. The number of amides is 1. The second kappa shape index (κ2) is 6.75. The molecule has 0 radical (unpaired) electrons. The summed E-state index contributed by atoms with van der Waals surface area (Å²) in [5, 5.41) is 1.20. The molecule has 2 aromatic heterocycles. The van der Waals surface area contributed by atoms with Gasteiger partial charge in [0.25, 0.3) is 5.91 Å². The zero-order valence-corrected chi connectivity index (χ0v) is 15.3. The van der Waals surface area contributed by atoms with Gasteiger partial charge in [0.05, 0.1) is 10.7 Å². The zero-order valence-electron chi connectivity index (χ0n) is 14.5. The molecule has 4 rings (SSSR count). The average molecular weight is 357 g/mol. The third-order valence-corrected chi connectivity index (χ3v) is 6.47. The van der Waals surface area contributed by atoms with Crippen molar-refractivity contribution in [1.29, 1.82) is 0 Å². The lowest BCUT2D eigenvalue weighted by Crippen LogP contribution is -2.39. The standard InChI is InChI=1S/C19H23N3O2S/c1-12-9-14(10-17(23)20-12)19(24)22-8-4-5-13(11-22)18-21-15-6-2-3-7-16(15)25-18/h9-10,13H,2-8,11H2,1H3,(H,20,23). The molecule has 1 N–H and O–H groups in total. The van der Waals surface area contributed by atoms with Crippen LogP contribution >= 0.6 is 11.3 Å². The Labute approximate surface area is 151 Å². The molecule has 25 heavy (non-hydrogen) atoms. The molecule has 2 aromatic rings. The first-order chi connectivity index (χ1) is 12.1. The first-order valence-electron chi connectivity index (χ1n) is 9.09. The molecule has 1 amide bonds. The molecular formula is C19H23N3O2S. The Morgan fingerprint density at radius 1 is 1.28 bits per heavy atom. The van der Waals surface area contributed by atoms with E-state index < -0.39 is 0 Å². The Kier molecular flexibility index (Phi) is 4.46. The van der Waals surface area contributed by atoms with Gasteiger partial charge in [-0.2, -0.15) is 0 Å². The predicted molar refractivity (Wildman–Crippen MR) is 98.4 cm³/mol. The highest BCUT2D eigenvalue weighted by Crippen LogP contribution is 2.34. The fourth-order valence-corrected chi connectivity index (χ4v) is 5.18. The number of hydrogen-bond donors (Lipinski definition) is 1. The van der Waals surface area contributed by atoms with Gasteiger partial charge < -0.3 is 9.88 Å². The van der Waals surface area contributed by atoms with Gasteiger partial charge in [-0.15, -0.1) is 11.3 Å². The van der Waals surface area contributed by atoms with Gasteiger partial charge in [-0.3, -0.25) is 9.59 Å². The summed E-state index contributed by atoms with van der Waals surface area (Å²) in [5.74, 6) is 0.289. The Morgan fingerprint density at radius 2 is 2.12 bits per heavy atom. The normalized spacial score (nSPS) is 20.4. The molecule has 0 aromatic carbocycles. The lowest BCUT2D eigenvalue weighted by molar-refractivity contribution is 0.0706. The first kappa shape index (κ1) is 16.5. The number of H-pyrrole nitrogens is 1. The molecule has 132 valence electrons. The van der Waals surface area contributed by atoms with Crippen molar-refractivity contribution in [3.63, 3.8) is 0 Å². The topological polar surface area (TPSA) is 66.1 Å². The number of piperidine rings is 1. The average Bonchev–Trinajstić information content (AvgIpc) is 3.04. The van der Waals surface area contributed by atoms with E-state index in [1.165, 1.54) is 34.5 Å². The van der Waals surface area contributed by atoms with Gasteiger partial charge >= 0.3 is 0 Å². The van der Waals surface area contributed by atoms with E-state index in [4.69, 9.17) is 4.98 Å². The SMILES string of the molecule is Cc1cc(C(=O)N2CCCC(c3nc4c(s3)CCCC4)C2)cc(=O)[nH]1. The number of fused-ring (bicyclic) bond motifs is 1. The second-order valence-electron chi connectivity index (χ2n) is 7.14. The Bertz CT molecular complexity index is 831. The summed E-state index contributed by atoms with van der Waals surface area (Å²) in [5.41, 5.74) is 2.28. The number of aryl methyl sites for hydroxylation is 3. The third-order valence-electron chi connectivity index (χ3n) is 5.15. The number of rotatable bonds is 2. The van der Waals surface area contributed by atoms with Gasteiger partial charge in [-0.25, -0.2) is 4.98 Å². The van der Waals surface area contributed by atoms with Crippen molar-refractivity contribution in [2.75, 3.05) is 13.1 Å². The summed E-state index contributed by atoms with van der Waals surface area (Å²) in [6.07, 6.45) is 6.86. The van der Waals surface area contributed by atoms with Crippen molar-refractivity contribution < 1.29 is 4.79 Å². The molecule has 1 aliphatic heterocycles. The highest BCUT2D eigenvalue weighted by molar-refractivity contribution is 7.11. The van der Waals surface area contributed by atoms with Crippen molar-refractivity contribution in [2.45, 2.75) is 51.4 Å². The van der Waals surface area contributed by atoms with E-state index in [0.717, 1.165) is 37.9 Å². The van der Waals surface area contributed by atoms with Gasteiger partial charge in [-0.05, 0) is 51.5 Å². The minimum atomic E-state index is -0.218. The number of aromatic amines is 1. The predicted octanol–water partition coefficient (Wildman–Crippen LogP) is 3.04. The number of thiazole rings is 1. The first-order valence-corrected chi connectivity index (χ1v) is 9.90. The summed E-state index contributed by atoms with van der Waals surface area (Å²) in [6.45, 7) is 3.26. The van der Waals surface area contributed by atoms with Crippen molar-refractivity contribution in [1.82, 2.24) is 14.9 Å². The van der Waals surface area contributed by atoms with Crippen molar-refractivity contribution in [3.05, 3.63) is 49.3 Å². The molecule has 3 heterocycles. The molecule has 1 fully saturated rings. The summed E-state index contributed by atoms with van der Waals surface area (Å²) in [4.78, 5) is 35.4. The number of aromatic nitrogens is 2. The van der Waals surface area contributed by atoms with E-state index in [0.29, 0.717) is 18.0 Å². The fraction of sp³-hybridized carbons (Fsp3) is 0.526. The van der Waals surface area contributed by atoms with Crippen LogP contribution < -0.4 is 5.56 Å². The van der Waals surface area contributed by atoms with Crippen LogP contribution in [0.1, 0.15) is 63.2 Å². The van der Waals surface area contributed by atoms with Crippen LogP contribution in [0.4, 0.5) is 0 Å². The molecule has 2 aliphatic rings. The van der Waals surface area contributed by atoms with Gasteiger partial charge in [0.15, 0.2) is 0 Å². The fourth-order valence-electron chi connectivity index (χ4n) is 3.90. The van der Waals surface area contributed by atoms with Crippen LogP contribution in [0, 0.1) is 6.92 Å². The van der Waals surface area contributed by atoms with Crippen molar-refractivity contribution in [3.8, 4) is 0 Å². The van der Waals surface area contributed by atoms with Crippen molar-refractivity contribution >= 4 is 17.2 Å². The molecule has 1 unspecified atom stereocenters. The van der Waals surface area contributed by atoms with Crippen molar-refractivity contribution in [2.24, 2.45) is 0 Å². The lowest BCUT2D eigenvalue weighted by Gasteiger charge is -2.32. The quantitative estimate of drug-likeness (QED) is 0.898. The second-order valence-corrected chi connectivity index (χ2v) is 8.25. The highest BCUT2D eigenvalue weighted by Gasteiger charge is 2.29. The molecule has 0 spiro atoms. The smallest absolute Gasteiger partial charge is 0.254 e. The summed E-state index contributed by atoms with van der Waals surface area (Å²) < 4.78 is 0. The maximum absolute atomic E-state index is 12.8. The van der Waals surface area contributed by atoms with Crippen LogP contribution in [0.25, 0.3) is 0 Å². The van der Waals surface area contributed by atoms with E-state index >= 15 is 0 Å². The van der Waals surface area contributed by atoms with E-state index in [-0.39, 0.29) is 11.5 Å². The van der Waals surface area contributed by atoms with E-state index in [2.05, 4.69) is 4.98 Å². The van der Waals surface area contributed by atoms with Crippen LogP contribution in [0.5, 0.6) is 0 Å². The Hall–Kier alpha value is -1.95. The molecule has 1 aliphatic carbocycles.